The molecule has 5 unspecified atom stereocenters. The molecule has 0 aromatic heterocycles. The fraction of sp³-hybridized carbons (Fsp3) is 1.00. The van der Waals surface area contributed by atoms with Crippen molar-refractivity contribution in [2.75, 3.05) is 6.54 Å². The molecule has 0 aromatic rings. The quantitative estimate of drug-likeness (QED) is 0.760. The highest BCUT2D eigenvalue weighted by atomic mass is 35.5. The van der Waals surface area contributed by atoms with Gasteiger partial charge in [-0.25, -0.2) is 0 Å². The molecule has 5 atom stereocenters. The molecule has 2 heteroatoms. The lowest BCUT2D eigenvalue weighted by molar-refractivity contribution is -0.0557. The number of rotatable bonds is 2. The highest BCUT2D eigenvalue weighted by molar-refractivity contribution is 5.85. The summed E-state index contributed by atoms with van der Waals surface area (Å²) >= 11 is 0. The Morgan fingerprint density at radius 2 is 2.14 bits per heavy atom. The van der Waals surface area contributed by atoms with Crippen molar-refractivity contribution >= 4 is 12.4 Å². The van der Waals surface area contributed by atoms with Crippen LogP contribution in [0.3, 0.4) is 0 Å². The molecule has 4 rings (SSSR count). The van der Waals surface area contributed by atoms with Crippen molar-refractivity contribution < 1.29 is 5.48 Å². The predicted octanol–water partition coefficient (Wildman–Crippen LogP) is 2.97. The van der Waals surface area contributed by atoms with Crippen LogP contribution in [0.15, 0.2) is 0 Å². The maximum atomic E-state index is 8.52. The molecule has 0 aromatic carbocycles. The first-order valence-electron chi connectivity index (χ1n) is 7.56. The number of halogens is 1. The van der Waals surface area contributed by atoms with E-state index in [1.807, 2.05) is 0 Å². The minimum atomic E-state index is -1.54. The van der Waals surface area contributed by atoms with Crippen LogP contribution >= 0.6 is 12.4 Å². The van der Waals surface area contributed by atoms with E-state index in [9.17, 15) is 0 Å². The highest BCUT2D eigenvalue weighted by Gasteiger charge is 2.50. The topological polar surface area (TPSA) is 26.0 Å². The predicted molar refractivity (Wildman–Crippen MR) is 61.5 cm³/mol. The fourth-order valence-electron chi connectivity index (χ4n) is 3.76. The van der Waals surface area contributed by atoms with Gasteiger partial charge in [0.2, 0.25) is 0 Å². The Balaban J connectivity index is 0.00000120. The zero-order valence-corrected chi connectivity index (χ0v) is 9.28. The molecule has 14 heavy (non-hydrogen) atoms. The molecule has 4 aliphatic rings. The van der Waals surface area contributed by atoms with Crippen molar-refractivity contribution in [2.24, 2.45) is 28.9 Å². The second kappa shape index (κ2) is 3.68. The molecule has 4 aliphatic carbocycles. The summed E-state index contributed by atoms with van der Waals surface area (Å²) in [7, 11) is 0. The molecular weight excluding hydrogens is 194 g/mol. The molecule has 82 valence electrons. The van der Waals surface area contributed by atoms with Gasteiger partial charge in [-0.3, -0.25) is 0 Å². The number of hydrogen-bond acceptors (Lipinski definition) is 1. The van der Waals surface area contributed by atoms with Crippen LogP contribution in [-0.2, 0) is 0 Å². The summed E-state index contributed by atoms with van der Waals surface area (Å²) < 4.78 is 33.6. The Labute approximate surface area is 98.8 Å². The third-order valence-electron chi connectivity index (χ3n) is 3.96. The lowest BCUT2D eigenvalue weighted by atomic mass is 9.49. The summed E-state index contributed by atoms with van der Waals surface area (Å²) in [5.74, 6) is -0.495. The van der Waals surface area contributed by atoms with Gasteiger partial charge in [0.1, 0.15) is 0 Å². The fourth-order valence-corrected chi connectivity index (χ4v) is 3.76. The molecule has 0 heterocycles. The summed E-state index contributed by atoms with van der Waals surface area (Å²) in [5.41, 5.74) is 5.26. The standard InChI is InChI=1S/C12H21N.ClH/c13-2-1-12-6-9-3-10(7-12)5-11(4-9)8-12;/h9-11H,1-8,13H2;1H/i3D,6D2,9D;. The lowest BCUT2D eigenvalue weighted by Gasteiger charge is -2.57. The van der Waals surface area contributed by atoms with E-state index in [1.165, 1.54) is 0 Å². The molecule has 2 N–H and O–H groups in total. The molecule has 0 saturated heterocycles. The van der Waals surface area contributed by atoms with Crippen molar-refractivity contribution in [1.29, 1.82) is 0 Å². The van der Waals surface area contributed by atoms with Crippen LogP contribution in [0.25, 0.3) is 0 Å². The Kier molecular flexibility index (Phi) is 1.77. The Hall–Kier alpha value is 0.250. The largest absolute Gasteiger partial charge is 0.330 e. The Morgan fingerprint density at radius 3 is 2.93 bits per heavy atom. The summed E-state index contributed by atoms with van der Waals surface area (Å²) in [4.78, 5) is 0. The van der Waals surface area contributed by atoms with Crippen LogP contribution < -0.4 is 5.73 Å². The minimum Gasteiger partial charge on any atom is -0.330 e. The molecule has 0 radical (unpaired) electrons. The molecule has 4 saturated carbocycles. The van der Waals surface area contributed by atoms with Gasteiger partial charge >= 0.3 is 0 Å². The second-order valence-corrected chi connectivity index (χ2v) is 5.11. The normalized spacial score (nSPS) is 67.4. The van der Waals surface area contributed by atoms with Crippen LogP contribution in [0.2, 0.25) is 0 Å². The summed E-state index contributed by atoms with van der Waals surface area (Å²) in [6.07, 6.45) is 1.89. The van der Waals surface area contributed by atoms with Gasteiger partial charge in [0.25, 0.3) is 0 Å². The molecule has 0 amide bonds. The van der Waals surface area contributed by atoms with Gasteiger partial charge in [0.05, 0.1) is 0 Å². The molecule has 0 aliphatic heterocycles. The molecular formula is C12H22ClN. The Morgan fingerprint density at radius 1 is 1.36 bits per heavy atom. The van der Waals surface area contributed by atoms with Gasteiger partial charge < -0.3 is 5.73 Å². The second-order valence-electron chi connectivity index (χ2n) is 5.11. The summed E-state index contributed by atoms with van der Waals surface area (Å²) in [6.45, 7) is 0.498. The van der Waals surface area contributed by atoms with E-state index in [-0.39, 0.29) is 18.3 Å². The molecule has 4 fully saturated rings. The van der Waals surface area contributed by atoms with Crippen molar-refractivity contribution in [1.82, 2.24) is 0 Å². The van der Waals surface area contributed by atoms with Crippen LogP contribution in [0, 0.1) is 23.1 Å². The zero-order valence-electron chi connectivity index (χ0n) is 12.5. The Bertz CT molecular complexity index is 353. The maximum Gasteiger partial charge on any atom is 0.0303 e. The van der Waals surface area contributed by atoms with Gasteiger partial charge in [0.15, 0.2) is 0 Å². The maximum absolute atomic E-state index is 8.52. The van der Waals surface area contributed by atoms with E-state index in [0.717, 1.165) is 19.3 Å². The van der Waals surface area contributed by atoms with Gasteiger partial charge in [-0.2, -0.15) is 0 Å². The van der Waals surface area contributed by atoms with Crippen molar-refractivity contribution in [3.8, 4) is 0 Å². The van der Waals surface area contributed by atoms with Gasteiger partial charge in [-0.1, -0.05) is 0 Å². The van der Waals surface area contributed by atoms with E-state index in [0.29, 0.717) is 25.3 Å². The molecule has 0 spiro atoms. The first-order valence-corrected chi connectivity index (χ1v) is 5.49. The van der Waals surface area contributed by atoms with E-state index >= 15 is 0 Å². The van der Waals surface area contributed by atoms with E-state index in [4.69, 9.17) is 11.2 Å². The van der Waals surface area contributed by atoms with Gasteiger partial charge in [-0.05, 0) is 74.6 Å². The first kappa shape index (κ1) is 6.75. The van der Waals surface area contributed by atoms with E-state index < -0.39 is 24.1 Å². The van der Waals surface area contributed by atoms with Gasteiger partial charge in [0, 0.05) is 5.48 Å². The molecule has 4 bridgehead atoms. The minimum absolute atomic E-state index is 0. The van der Waals surface area contributed by atoms with Crippen LogP contribution in [0.1, 0.15) is 50.4 Å². The first-order chi connectivity index (χ1) is 7.86. The smallest absolute Gasteiger partial charge is 0.0303 e. The molecule has 1 nitrogen and oxygen atoms in total. The van der Waals surface area contributed by atoms with E-state index in [1.54, 1.807) is 0 Å². The summed E-state index contributed by atoms with van der Waals surface area (Å²) in [5, 5.41) is 0. The third kappa shape index (κ3) is 1.59. The lowest BCUT2D eigenvalue weighted by Crippen LogP contribution is -2.46. The average molecular weight is 220 g/mol. The van der Waals surface area contributed by atoms with Gasteiger partial charge in [-0.15, -0.1) is 12.4 Å². The average Bonchev–Trinajstić information content (AvgIpc) is 2.24. The van der Waals surface area contributed by atoms with Crippen molar-refractivity contribution in [2.45, 2.75) is 44.9 Å². The monoisotopic (exact) mass is 219 g/mol. The van der Waals surface area contributed by atoms with Crippen LogP contribution in [-0.4, -0.2) is 6.54 Å². The van der Waals surface area contributed by atoms with Crippen molar-refractivity contribution in [3.63, 3.8) is 0 Å². The summed E-state index contributed by atoms with van der Waals surface area (Å²) in [6, 6.07) is 0. The zero-order chi connectivity index (χ0) is 12.5. The number of nitrogens with two attached hydrogens (primary N) is 1. The number of hydrogen-bond donors (Lipinski definition) is 1. The van der Waals surface area contributed by atoms with E-state index in [2.05, 4.69) is 0 Å². The van der Waals surface area contributed by atoms with Crippen LogP contribution in [0.4, 0.5) is 0 Å². The third-order valence-corrected chi connectivity index (χ3v) is 3.96. The van der Waals surface area contributed by atoms with Crippen LogP contribution in [0.5, 0.6) is 0 Å². The highest BCUT2D eigenvalue weighted by Crippen LogP contribution is 2.61. The van der Waals surface area contributed by atoms with Crippen molar-refractivity contribution in [3.05, 3.63) is 0 Å². The SMILES string of the molecule is Cl.[2H]C1C2CC3CC(CCN)(C2)C([2H])([2H])C1([2H])C3.